The van der Waals surface area contributed by atoms with Gasteiger partial charge in [0.2, 0.25) is 0 Å². The second-order valence-electron chi connectivity index (χ2n) is 9.38. The van der Waals surface area contributed by atoms with E-state index in [1.165, 1.54) is 5.56 Å². The summed E-state index contributed by atoms with van der Waals surface area (Å²) in [6.07, 6.45) is 2.40. The lowest BCUT2D eigenvalue weighted by molar-refractivity contribution is 0.0355. The summed E-state index contributed by atoms with van der Waals surface area (Å²) in [6.45, 7) is 2.29. The van der Waals surface area contributed by atoms with Gasteiger partial charge < -0.3 is 5.11 Å². The number of carbonyl (C=O) groups excluding carboxylic acids is 1. The number of nitrogens with zero attached hydrogens (tertiary/aromatic N) is 1. The minimum atomic E-state index is -0.597. The van der Waals surface area contributed by atoms with E-state index in [1.54, 1.807) is 0 Å². The highest BCUT2D eigenvalue weighted by Crippen LogP contribution is 2.45. The van der Waals surface area contributed by atoms with Crippen LogP contribution in [-0.4, -0.2) is 41.0 Å². The molecule has 2 fully saturated rings. The van der Waals surface area contributed by atoms with Gasteiger partial charge in [0.05, 0.1) is 12.1 Å². The van der Waals surface area contributed by atoms with Crippen LogP contribution in [0.15, 0.2) is 84.9 Å². The van der Waals surface area contributed by atoms with Crippen molar-refractivity contribution in [1.29, 1.82) is 0 Å². The largest absolute Gasteiger partial charge is 0.390 e. The fourth-order valence-corrected chi connectivity index (χ4v) is 5.58. The van der Waals surface area contributed by atoms with Crippen LogP contribution >= 0.6 is 0 Å². The van der Waals surface area contributed by atoms with Crippen LogP contribution in [0.25, 0.3) is 11.1 Å². The number of rotatable bonds is 6. The first-order valence-corrected chi connectivity index (χ1v) is 11.3. The highest BCUT2D eigenvalue weighted by molar-refractivity contribution is 5.98. The Hall–Kier alpha value is -2.75. The third-order valence-electron chi connectivity index (χ3n) is 6.99. The van der Waals surface area contributed by atoms with E-state index in [4.69, 9.17) is 0 Å². The van der Waals surface area contributed by atoms with Crippen molar-refractivity contribution in [3.05, 3.63) is 96.1 Å². The molecule has 1 N–H and O–H groups in total. The van der Waals surface area contributed by atoms with Gasteiger partial charge in [0, 0.05) is 25.1 Å². The Morgan fingerprint density at radius 1 is 0.806 bits per heavy atom. The lowest BCUT2D eigenvalue weighted by atomic mass is 9.91. The zero-order valence-corrected chi connectivity index (χ0v) is 17.8. The molecule has 3 aromatic rings. The number of hydrogen-bond acceptors (Lipinski definition) is 3. The molecule has 1 saturated carbocycles. The van der Waals surface area contributed by atoms with E-state index in [-0.39, 0.29) is 5.78 Å². The summed E-state index contributed by atoms with van der Waals surface area (Å²) >= 11 is 0. The van der Waals surface area contributed by atoms with E-state index in [0.717, 1.165) is 49.0 Å². The van der Waals surface area contributed by atoms with Crippen molar-refractivity contribution < 1.29 is 9.90 Å². The molecule has 1 aliphatic heterocycles. The molecule has 5 rings (SSSR count). The van der Waals surface area contributed by atoms with Gasteiger partial charge in [-0.2, -0.15) is 0 Å². The van der Waals surface area contributed by atoms with Crippen molar-refractivity contribution in [2.45, 2.75) is 24.9 Å². The monoisotopic (exact) mass is 411 g/mol. The van der Waals surface area contributed by atoms with Crippen LogP contribution < -0.4 is 0 Å². The average molecular weight is 412 g/mol. The molecule has 0 radical (unpaired) electrons. The van der Waals surface area contributed by atoms with E-state index >= 15 is 0 Å². The van der Waals surface area contributed by atoms with Crippen LogP contribution in [0.5, 0.6) is 0 Å². The summed E-state index contributed by atoms with van der Waals surface area (Å²) in [4.78, 5) is 15.1. The smallest absolute Gasteiger partial charge is 0.176 e. The Morgan fingerprint density at radius 3 is 1.97 bits per heavy atom. The first-order chi connectivity index (χ1) is 15.1. The Morgan fingerprint density at radius 2 is 1.35 bits per heavy atom. The highest BCUT2D eigenvalue weighted by atomic mass is 16.3. The van der Waals surface area contributed by atoms with Crippen molar-refractivity contribution in [3.63, 3.8) is 0 Å². The summed E-state index contributed by atoms with van der Waals surface area (Å²) in [6, 6.07) is 28.5. The minimum Gasteiger partial charge on any atom is -0.390 e. The van der Waals surface area contributed by atoms with Gasteiger partial charge in [-0.15, -0.1) is 0 Å². The molecule has 3 atom stereocenters. The molecular formula is C28H29NO2. The summed E-state index contributed by atoms with van der Waals surface area (Å²) in [5, 5.41) is 11.1. The molecule has 0 bridgehead atoms. The van der Waals surface area contributed by atoms with Crippen molar-refractivity contribution in [3.8, 4) is 11.1 Å². The summed E-state index contributed by atoms with van der Waals surface area (Å²) in [5.74, 6) is 1.16. The van der Waals surface area contributed by atoms with Gasteiger partial charge in [-0.25, -0.2) is 0 Å². The molecule has 3 nitrogen and oxygen atoms in total. The minimum absolute atomic E-state index is 0.180. The van der Waals surface area contributed by atoms with Crippen molar-refractivity contribution in [2.75, 3.05) is 19.6 Å². The first kappa shape index (κ1) is 20.2. The molecule has 3 aromatic carbocycles. The number of Topliss-reactive ketones (excluding diaryl/α,β-unsaturated/α-hetero) is 1. The molecule has 158 valence electrons. The van der Waals surface area contributed by atoms with Gasteiger partial charge in [-0.3, -0.25) is 9.69 Å². The van der Waals surface area contributed by atoms with Crippen LogP contribution in [0.2, 0.25) is 0 Å². The van der Waals surface area contributed by atoms with Gasteiger partial charge in [0.25, 0.3) is 0 Å². The normalized spacial score (nSPS) is 25.5. The van der Waals surface area contributed by atoms with Gasteiger partial charge >= 0.3 is 0 Å². The molecule has 0 spiro atoms. The molecule has 0 amide bonds. The molecule has 2 aliphatic rings. The van der Waals surface area contributed by atoms with Crippen LogP contribution in [0.4, 0.5) is 0 Å². The third-order valence-corrected chi connectivity index (χ3v) is 6.99. The van der Waals surface area contributed by atoms with Crippen LogP contribution in [0, 0.1) is 11.8 Å². The maximum Gasteiger partial charge on any atom is 0.176 e. The number of likely N-dealkylation sites (tertiary alicyclic amines) is 1. The van der Waals surface area contributed by atoms with Gasteiger partial charge in [0.15, 0.2) is 5.78 Å². The second kappa shape index (κ2) is 8.41. The van der Waals surface area contributed by atoms with E-state index in [1.807, 2.05) is 60.7 Å². The predicted molar refractivity (Wildman–Crippen MR) is 124 cm³/mol. The number of ketones is 1. The second-order valence-corrected chi connectivity index (χ2v) is 9.38. The molecule has 31 heavy (non-hydrogen) atoms. The zero-order valence-electron chi connectivity index (χ0n) is 17.8. The Kier molecular flexibility index (Phi) is 5.47. The number of benzene rings is 3. The Bertz CT molecular complexity index is 1020. The van der Waals surface area contributed by atoms with Crippen molar-refractivity contribution >= 4 is 5.78 Å². The maximum atomic E-state index is 12.8. The van der Waals surface area contributed by atoms with E-state index < -0.39 is 5.60 Å². The fraction of sp³-hybridized carbons (Fsp3) is 0.321. The molecule has 0 aromatic heterocycles. The number of fused-ring (bicyclic) bond motifs is 1. The first-order valence-electron chi connectivity index (χ1n) is 11.3. The number of hydrogen-bond donors (Lipinski definition) is 1. The fourth-order valence-electron chi connectivity index (χ4n) is 5.58. The van der Waals surface area contributed by atoms with E-state index in [2.05, 4.69) is 29.2 Å². The molecule has 1 aliphatic carbocycles. The average Bonchev–Trinajstić information content (AvgIpc) is 3.28. The molecule has 1 unspecified atom stereocenters. The highest BCUT2D eigenvalue weighted by Gasteiger charge is 2.48. The number of carbonyl (C=O) groups is 1. The summed E-state index contributed by atoms with van der Waals surface area (Å²) in [5.41, 5.74) is 3.68. The number of aliphatic hydroxyl groups is 1. The van der Waals surface area contributed by atoms with E-state index in [0.29, 0.717) is 18.4 Å². The lowest BCUT2D eigenvalue weighted by Crippen LogP contribution is -2.34. The quantitative estimate of drug-likeness (QED) is 0.590. The van der Waals surface area contributed by atoms with Crippen molar-refractivity contribution in [2.24, 2.45) is 11.8 Å². The Balaban J connectivity index is 1.16. The maximum absolute atomic E-state index is 12.8. The zero-order chi connectivity index (χ0) is 21.3. The molecule has 1 saturated heterocycles. The van der Waals surface area contributed by atoms with Crippen molar-refractivity contribution in [1.82, 2.24) is 4.90 Å². The van der Waals surface area contributed by atoms with Gasteiger partial charge in [-0.05, 0) is 41.4 Å². The summed E-state index contributed by atoms with van der Waals surface area (Å²) in [7, 11) is 0. The third kappa shape index (κ3) is 4.48. The standard InChI is InChI=1S/C28H29NO2/c30-27(24-13-11-23(12-14-24)22-9-5-2-6-10-22)20-29-18-25-16-28(31,17-26(25)19-29)15-21-7-3-1-4-8-21/h1-14,25-26,31H,15-20H2/t25-,26+,28?. The van der Waals surface area contributed by atoms with Crippen LogP contribution in [0.1, 0.15) is 28.8 Å². The van der Waals surface area contributed by atoms with Gasteiger partial charge in [-0.1, -0.05) is 84.9 Å². The topological polar surface area (TPSA) is 40.5 Å². The SMILES string of the molecule is O=C(CN1C[C@@H]2CC(O)(Cc3ccccc3)C[C@@H]2C1)c1ccc(-c2ccccc2)cc1. The predicted octanol–water partition coefficient (Wildman–Crippen LogP) is 4.85. The lowest BCUT2D eigenvalue weighted by Gasteiger charge is -2.26. The summed E-state index contributed by atoms with van der Waals surface area (Å²) < 4.78 is 0. The molecular weight excluding hydrogens is 382 g/mol. The van der Waals surface area contributed by atoms with Gasteiger partial charge in [0.1, 0.15) is 0 Å². The van der Waals surface area contributed by atoms with Crippen LogP contribution in [-0.2, 0) is 6.42 Å². The van der Waals surface area contributed by atoms with E-state index in [9.17, 15) is 9.90 Å². The Labute approximate surface area is 184 Å². The molecule has 3 heteroatoms. The van der Waals surface area contributed by atoms with Crippen LogP contribution in [0.3, 0.4) is 0 Å². The molecule has 1 heterocycles.